The molecular formula is C23H24N6O3. The highest BCUT2D eigenvalue weighted by atomic mass is 16.5. The third-order valence-electron chi connectivity index (χ3n) is 6.23. The Hall–Kier alpha value is -3.62. The molecule has 5 rings (SSSR count). The number of aromatic nitrogens is 4. The number of nitrogens with zero attached hydrogens (tertiary/aromatic N) is 5. The van der Waals surface area contributed by atoms with E-state index >= 15 is 0 Å². The zero-order valence-electron chi connectivity index (χ0n) is 17.6. The van der Waals surface area contributed by atoms with Crippen LogP contribution in [0.25, 0.3) is 11.4 Å². The number of carbonyl (C=O) groups is 2. The molecule has 0 bridgehead atoms. The summed E-state index contributed by atoms with van der Waals surface area (Å²) in [6.07, 6.45) is 7.57. The summed E-state index contributed by atoms with van der Waals surface area (Å²) in [5.41, 5.74) is 1.08. The summed E-state index contributed by atoms with van der Waals surface area (Å²) in [6, 6.07) is 9.26. The number of amides is 2. The molecule has 0 radical (unpaired) electrons. The quantitative estimate of drug-likeness (QED) is 0.659. The lowest BCUT2D eigenvalue weighted by Crippen LogP contribution is -2.38. The van der Waals surface area contributed by atoms with Crippen LogP contribution in [0.4, 0.5) is 0 Å². The van der Waals surface area contributed by atoms with Crippen molar-refractivity contribution in [1.82, 2.24) is 30.3 Å². The van der Waals surface area contributed by atoms with Gasteiger partial charge in [0.2, 0.25) is 17.6 Å². The van der Waals surface area contributed by atoms with Gasteiger partial charge in [0.1, 0.15) is 5.69 Å². The Kier molecular flexibility index (Phi) is 5.62. The first kappa shape index (κ1) is 20.3. The fourth-order valence-electron chi connectivity index (χ4n) is 4.62. The number of rotatable bonds is 5. The van der Waals surface area contributed by atoms with Crippen molar-refractivity contribution in [3.8, 4) is 11.4 Å². The van der Waals surface area contributed by atoms with Crippen molar-refractivity contribution in [2.45, 2.75) is 37.6 Å². The van der Waals surface area contributed by atoms with Crippen LogP contribution in [0, 0.1) is 5.92 Å². The number of nitrogens with one attached hydrogen (secondary N) is 1. The van der Waals surface area contributed by atoms with E-state index in [1.165, 1.54) is 18.6 Å². The highest BCUT2D eigenvalue weighted by Gasteiger charge is 2.44. The first-order chi connectivity index (χ1) is 15.7. The van der Waals surface area contributed by atoms with E-state index in [9.17, 15) is 9.59 Å². The van der Waals surface area contributed by atoms with Crippen LogP contribution in [-0.2, 0) is 4.79 Å². The second-order valence-electron chi connectivity index (χ2n) is 8.30. The van der Waals surface area contributed by atoms with E-state index in [4.69, 9.17) is 4.52 Å². The third-order valence-corrected chi connectivity index (χ3v) is 6.23. The molecule has 1 aliphatic carbocycles. The molecule has 3 aromatic rings. The number of carbonyl (C=O) groups excluding carboxylic acids is 2. The van der Waals surface area contributed by atoms with E-state index < -0.39 is 0 Å². The van der Waals surface area contributed by atoms with Crippen molar-refractivity contribution in [1.29, 1.82) is 0 Å². The summed E-state index contributed by atoms with van der Waals surface area (Å²) < 4.78 is 5.61. The lowest BCUT2D eigenvalue weighted by molar-refractivity contribution is -0.134. The zero-order valence-corrected chi connectivity index (χ0v) is 17.6. The minimum atomic E-state index is -0.329. The first-order valence-corrected chi connectivity index (χ1v) is 10.9. The number of likely N-dealkylation sites (tertiary alicyclic amines) is 1. The third kappa shape index (κ3) is 4.10. The molecule has 2 aromatic heterocycles. The van der Waals surface area contributed by atoms with Gasteiger partial charge in [-0.05, 0) is 25.7 Å². The standard InChI is InChI=1S/C23H24N6O3/c30-21(19-14-24-8-9-25-19)26-18-13-16(23(31)29-10-4-5-11-29)12-17(18)22-27-20(28-32-22)15-6-2-1-3-7-15/h1-3,6-9,14,16-18H,4-5,10-13H2,(H,26,30)/t16-,17-,18+/m1/s1. The molecule has 1 saturated carbocycles. The predicted octanol–water partition coefficient (Wildman–Crippen LogP) is 2.44. The van der Waals surface area contributed by atoms with Crippen molar-refractivity contribution in [2.75, 3.05) is 13.1 Å². The summed E-state index contributed by atoms with van der Waals surface area (Å²) in [5.74, 6) is 0.296. The fourth-order valence-corrected chi connectivity index (χ4v) is 4.62. The van der Waals surface area contributed by atoms with Gasteiger partial charge in [-0.1, -0.05) is 35.5 Å². The van der Waals surface area contributed by atoms with Crippen LogP contribution in [-0.4, -0.2) is 56.0 Å². The molecule has 32 heavy (non-hydrogen) atoms. The van der Waals surface area contributed by atoms with E-state index in [-0.39, 0.29) is 35.4 Å². The molecule has 2 aliphatic rings. The summed E-state index contributed by atoms with van der Waals surface area (Å²) >= 11 is 0. The first-order valence-electron chi connectivity index (χ1n) is 10.9. The van der Waals surface area contributed by atoms with Gasteiger partial charge in [0.05, 0.1) is 12.1 Å². The molecule has 9 heteroatoms. The normalized spacial score (nSPS) is 22.8. The molecule has 1 saturated heterocycles. The molecule has 164 valence electrons. The van der Waals surface area contributed by atoms with Crippen molar-refractivity contribution >= 4 is 11.8 Å². The lowest BCUT2D eigenvalue weighted by atomic mass is 10.0. The van der Waals surface area contributed by atoms with Crippen LogP contribution in [0.5, 0.6) is 0 Å². The van der Waals surface area contributed by atoms with Crippen LogP contribution >= 0.6 is 0 Å². The minimum Gasteiger partial charge on any atom is -0.347 e. The Morgan fingerprint density at radius 1 is 1.06 bits per heavy atom. The molecule has 0 unspecified atom stereocenters. The Morgan fingerprint density at radius 2 is 1.88 bits per heavy atom. The Morgan fingerprint density at radius 3 is 2.62 bits per heavy atom. The van der Waals surface area contributed by atoms with Crippen LogP contribution in [0.3, 0.4) is 0 Å². The summed E-state index contributed by atoms with van der Waals surface area (Å²) in [6.45, 7) is 1.60. The number of hydrogen-bond acceptors (Lipinski definition) is 7. The highest BCUT2D eigenvalue weighted by molar-refractivity contribution is 5.92. The monoisotopic (exact) mass is 432 g/mol. The molecule has 0 spiro atoms. The second kappa shape index (κ2) is 8.86. The Balaban J connectivity index is 1.39. The van der Waals surface area contributed by atoms with Gasteiger partial charge < -0.3 is 14.7 Å². The van der Waals surface area contributed by atoms with Gasteiger partial charge in [0.15, 0.2) is 0 Å². The van der Waals surface area contributed by atoms with Crippen molar-refractivity contribution in [2.24, 2.45) is 5.92 Å². The highest BCUT2D eigenvalue weighted by Crippen LogP contribution is 2.40. The van der Waals surface area contributed by atoms with E-state index in [1.54, 1.807) is 0 Å². The van der Waals surface area contributed by atoms with Crippen LogP contribution in [0.1, 0.15) is 48.0 Å². The molecule has 1 N–H and O–H groups in total. The van der Waals surface area contributed by atoms with E-state index in [0.29, 0.717) is 24.6 Å². The zero-order chi connectivity index (χ0) is 21.9. The largest absolute Gasteiger partial charge is 0.347 e. The second-order valence-corrected chi connectivity index (χ2v) is 8.30. The maximum atomic E-state index is 13.1. The molecule has 1 aromatic carbocycles. The maximum Gasteiger partial charge on any atom is 0.271 e. The average molecular weight is 432 g/mol. The topological polar surface area (TPSA) is 114 Å². The Labute approximate surface area is 185 Å². The molecule has 3 heterocycles. The SMILES string of the molecule is O=C(N[C@H]1C[C@H](C(=O)N2CCCC2)C[C@H]1c1nc(-c2ccccc2)no1)c1cnccn1. The smallest absolute Gasteiger partial charge is 0.271 e. The van der Waals surface area contributed by atoms with Crippen LogP contribution < -0.4 is 5.32 Å². The predicted molar refractivity (Wildman–Crippen MR) is 114 cm³/mol. The summed E-state index contributed by atoms with van der Waals surface area (Å²) in [5, 5.41) is 7.16. The van der Waals surface area contributed by atoms with Gasteiger partial charge in [0.25, 0.3) is 5.91 Å². The van der Waals surface area contributed by atoms with E-state index in [2.05, 4.69) is 25.4 Å². The molecule has 1 aliphatic heterocycles. The Bertz CT molecular complexity index is 1080. The van der Waals surface area contributed by atoms with Crippen LogP contribution in [0.15, 0.2) is 53.4 Å². The lowest BCUT2D eigenvalue weighted by Gasteiger charge is -2.20. The van der Waals surface area contributed by atoms with Gasteiger partial charge in [-0.2, -0.15) is 4.98 Å². The van der Waals surface area contributed by atoms with Crippen molar-refractivity contribution < 1.29 is 14.1 Å². The molecule has 9 nitrogen and oxygen atoms in total. The summed E-state index contributed by atoms with van der Waals surface area (Å²) in [7, 11) is 0. The van der Waals surface area contributed by atoms with Crippen LogP contribution in [0.2, 0.25) is 0 Å². The number of benzene rings is 1. The average Bonchev–Trinajstić information content (AvgIpc) is 3.60. The molecular weight excluding hydrogens is 408 g/mol. The minimum absolute atomic E-state index is 0.145. The molecule has 2 amide bonds. The van der Waals surface area contributed by atoms with Gasteiger partial charge >= 0.3 is 0 Å². The van der Waals surface area contributed by atoms with E-state index in [0.717, 1.165) is 31.5 Å². The number of hydrogen-bond donors (Lipinski definition) is 1. The fraction of sp³-hybridized carbons (Fsp3) is 0.391. The molecule has 3 atom stereocenters. The molecule has 2 fully saturated rings. The van der Waals surface area contributed by atoms with Gasteiger partial charge in [-0.3, -0.25) is 14.6 Å². The van der Waals surface area contributed by atoms with Crippen molar-refractivity contribution in [3.63, 3.8) is 0 Å². The van der Waals surface area contributed by atoms with Gasteiger partial charge in [-0.25, -0.2) is 4.98 Å². The van der Waals surface area contributed by atoms with Crippen molar-refractivity contribution in [3.05, 3.63) is 60.5 Å². The van der Waals surface area contributed by atoms with E-state index in [1.807, 2.05) is 35.2 Å². The van der Waals surface area contributed by atoms with Gasteiger partial charge in [-0.15, -0.1) is 0 Å². The maximum absolute atomic E-state index is 13.1. The van der Waals surface area contributed by atoms with Gasteiger partial charge in [0, 0.05) is 43.0 Å². The summed E-state index contributed by atoms with van der Waals surface area (Å²) in [4.78, 5) is 40.4.